The van der Waals surface area contributed by atoms with Crippen molar-refractivity contribution in [1.29, 1.82) is 0 Å². The summed E-state index contributed by atoms with van der Waals surface area (Å²) in [5.41, 5.74) is 0. The van der Waals surface area contributed by atoms with E-state index in [1.54, 1.807) is 0 Å². The first-order valence-electron chi connectivity index (χ1n) is 6.63. The molecule has 4 nitrogen and oxygen atoms in total. The van der Waals surface area contributed by atoms with Gasteiger partial charge in [-0.15, -0.1) is 11.3 Å². The molecule has 0 saturated carbocycles. The van der Waals surface area contributed by atoms with Crippen LogP contribution in [0.2, 0.25) is 4.34 Å². The third kappa shape index (κ3) is 4.76. The Bertz CT molecular complexity index is 416. The molecule has 1 saturated heterocycles. The summed E-state index contributed by atoms with van der Waals surface area (Å²) in [6.45, 7) is 6.40. The van der Waals surface area contributed by atoms with Crippen LogP contribution in [-0.4, -0.2) is 43.5 Å². The van der Waals surface area contributed by atoms with E-state index in [0.717, 1.165) is 41.8 Å². The molecule has 1 aliphatic heterocycles. The SMILES string of the molecule is CC(NC(=O)CN1CCCNCC1)c1ccc(Cl)s1. The van der Waals surface area contributed by atoms with Gasteiger partial charge in [-0.2, -0.15) is 0 Å². The highest BCUT2D eigenvalue weighted by molar-refractivity contribution is 7.16. The number of carbonyl (C=O) groups is 1. The van der Waals surface area contributed by atoms with E-state index in [2.05, 4.69) is 15.5 Å². The molecule has 0 aromatic carbocycles. The van der Waals surface area contributed by atoms with Crippen LogP contribution in [0.25, 0.3) is 0 Å². The molecule has 19 heavy (non-hydrogen) atoms. The molecule has 1 atom stereocenters. The minimum absolute atomic E-state index is 0.0232. The van der Waals surface area contributed by atoms with Crippen LogP contribution in [-0.2, 0) is 4.79 Å². The normalized spacial score (nSPS) is 18.8. The molecule has 0 spiro atoms. The number of amides is 1. The molecular formula is C13H20ClN3OS. The molecule has 0 bridgehead atoms. The maximum atomic E-state index is 12.0. The zero-order valence-corrected chi connectivity index (χ0v) is 12.7. The molecule has 106 valence electrons. The van der Waals surface area contributed by atoms with E-state index >= 15 is 0 Å². The molecule has 1 unspecified atom stereocenters. The van der Waals surface area contributed by atoms with Crippen molar-refractivity contribution in [2.45, 2.75) is 19.4 Å². The van der Waals surface area contributed by atoms with Gasteiger partial charge in [0.2, 0.25) is 5.91 Å². The molecule has 0 radical (unpaired) electrons. The van der Waals surface area contributed by atoms with Crippen molar-refractivity contribution in [1.82, 2.24) is 15.5 Å². The lowest BCUT2D eigenvalue weighted by atomic mass is 10.2. The standard InChI is InChI=1S/C13H20ClN3OS/c1-10(11-3-4-12(14)19-11)16-13(18)9-17-7-2-5-15-6-8-17/h3-4,10,15H,2,5-9H2,1H3,(H,16,18). The van der Waals surface area contributed by atoms with E-state index in [1.165, 1.54) is 11.3 Å². The van der Waals surface area contributed by atoms with Gasteiger partial charge >= 0.3 is 0 Å². The monoisotopic (exact) mass is 301 g/mol. The lowest BCUT2D eigenvalue weighted by molar-refractivity contribution is -0.122. The number of halogens is 1. The van der Waals surface area contributed by atoms with Crippen molar-refractivity contribution in [3.8, 4) is 0 Å². The zero-order valence-electron chi connectivity index (χ0n) is 11.1. The highest BCUT2D eigenvalue weighted by Gasteiger charge is 2.15. The maximum absolute atomic E-state index is 12.0. The van der Waals surface area contributed by atoms with Crippen molar-refractivity contribution in [2.75, 3.05) is 32.7 Å². The van der Waals surface area contributed by atoms with Gasteiger partial charge in [-0.1, -0.05) is 11.6 Å². The zero-order chi connectivity index (χ0) is 13.7. The predicted octanol–water partition coefficient (Wildman–Crippen LogP) is 1.87. The summed E-state index contributed by atoms with van der Waals surface area (Å²) >= 11 is 7.42. The molecule has 0 aliphatic carbocycles. The number of carbonyl (C=O) groups excluding carboxylic acids is 1. The molecule has 1 aromatic heterocycles. The fourth-order valence-corrected chi connectivity index (χ4v) is 3.25. The van der Waals surface area contributed by atoms with Crippen LogP contribution in [0, 0.1) is 0 Å². The average molecular weight is 302 g/mol. The fourth-order valence-electron chi connectivity index (χ4n) is 2.18. The van der Waals surface area contributed by atoms with E-state index in [1.807, 2.05) is 19.1 Å². The summed E-state index contributed by atoms with van der Waals surface area (Å²) < 4.78 is 0.759. The van der Waals surface area contributed by atoms with Gasteiger partial charge in [-0.25, -0.2) is 0 Å². The number of hydrogen-bond acceptors (Lipinski definition) is 4. The van der Waals surface area contributed by atoms with Crippen LogP contribution in [0.15, 0.2) is 12.1 Å². The van der Waals surface area contributed by atoms with E-state index in [-0.39, 0.29) is 11.9 Å². The molecule has 1 fully saturated rings. The predicted molar refractivity (Wildman–Crippen MR) is 79.8 cm³/mol. The molecule has 2 N–H and O–H groups in total. The lowest BCUT2D eigenvalue weighted by Gasteiger charge is -2.20. The van der Waals surface area contributed by atoms with Crippen LogP contribution in [0.4, 0.5) is 0 Å². The Morgan fingerprint density at radius 3 is 3.11 bits per heavy atom. The topological polar surface area (TPSA) is 44.4 Å². The van der Waals surface area contributed by atoms with Gasteiger partial charge in [-0.05, 0) is 38.6 Å². The Balaban J connectivity index is 1.80. The largest absolute Gasteiger partial charge is 0.348 e. The molecule has 2 heterocycles. The highest BCUT2D eigenvalue weighted by atomic mass is 35.5. The summed E-state index contributed by atoms with van der Waals surface area (Å²) in [4.78, 5) is 15.3. The van der Waals surface area contributed by atoms with Gasteiger partial charge in [0.05, 0.1) is 16.9 Å². The average Bonchev–Trinajstić information content (AvgIpc) is 2.64. The molecule has 1 aliphatic rings. The van der Waals surface area contributed by atoms with E-state index in [4.69, 9.17) is 11.6 Å². The quantitative estimate of drug-likeness (QED) is 0.892. The third-order valence-electron chi connectivity index (χ3n) is 3.20. The van der Waals surface area contributed by atoms with E-state index in [0.29, 0.717) is 6.54 Å². The van der Waals surface area contributed by atoms with Gasteiger partial charge < -0.3 is 10.6 Å². The smallest absolute Gasteiger partial charge is 0.234 e. The second-order valence-corrected chi connectivity index (χ2v) is 6.56. The Morgan fingerprint density at radius 2 is 2.37 bits per heavy atom. The minimum atomic E-state index is 0.0232. The van der Waals surface area contributed by atoms with Crippen LogP contribution in [0.3, 0.4) is 0 Å². The second-order valence-electron chi connectivity index (χ2n) is 4.81. The molecule has 1 amide bonds. The van der Waals surface area contributed by atoms with Crippen LogP contribution >= 0.6 is 22.9 Å². The van der Waals surface area contributed by atoms with Gasteiger partial charge in [0.15, 0.2) is 0 Å². The van der Waals surface area contributed by atoms with Gasteiger partial charge in [0.1, 0.15) is 0 Å². The first-order chi connectivity index (χ1) is 9.15. The number of thiophene rings is 1. The van der Waals surface area contributed by atoms with Gasteiger partial charge in [-0.3, -0.25) is 9.69 Å². The maximum Gasteiger partial charge on any atom is 0.234 e. The Labute approximate surface area is 123 Å². The van der Waals surface area contributed by atoms with Crippen LogP contribution in [0.1, 0.15) is 24.3 Å². The number of rotatable bonds is 4. The second kappa shape index (κ2) is 7.24. The lowest BCUT2D eigenvalue weighted by Crippen LogP contribution is -2.39. The Hall–Kier alpha value is -0.620. The first kappa shape index (κ1) is 14.8. The van der Waals surface area contributed by atoms with Crippen molar-refractivity contribution in [2.24, 2.45) is 0 Å². The molecule has 2 rings (SSSR count). The number of nitrogens with zero attached hydrogens (tertiary/aromatic N) is 1. The summed E-state index contributed by atoms with van der Waals surface area (Å²) in [5.74, 6) is 0.0823. The summed E-state index contributed by atoms with van der Waals surface area (Å²) in [6, 6.07) is 3.86. The highest BCUT2D eigenvalue weighted by Crippen LogP contribution is 2.26. The van der Waals surface area contributed by atoms with Gasteiger partial charge in [0.25, 0.3) is 0 Å². The van der Waals surface area contributed by atoms with Crippen molar-refractivity contribution in [3.05, 3.63) is 21.3 Å². The molecular weight excluding hydrogens is 282 g/mol. The van der Waals surface area contributed by atoms with Gasteiger partial charge in [0, 0.05) is 18.0 Å². The van der Waals surface area contributed by atoms with Crippen LogP contribution in [0.5, 0.6) is 0 Å². The molecule has 1 aromatic rings. The van der Waals surface area contributed by atoms with Crippen molar-refractivity contribution in [3.63, 3.8) is 0 Å². The summed E-state index contributed by atoms with van der Waals surface area (Å²) in [6.07, 6.45) is 1.10. The number of nitrogens with one attached hydrogen (secondary N) is 2. The fraction of sp³-hybridized carbons (Fsp3) is 0.615. The molecule has 6 heteroatoms. The van der Waals surface area contributed by atoms with E-state index in [9.17, 15) is 4.79 Å². The Kier molecular flexibility index (Phi) is 5.63. The first-order valence-corrected chi connectivity index (χ1v) is 7.82. The summed E-state index contributed by atoms with van der Waals surface area (Å²) in [5, 5.41) is 6.36. The minimum Gasteiger partial charge on any atom is -0.348 e. The Morgan fingerprint density at radius 1 is 1.53 bits per heavy atom. The van der Waals surface area contributed by atoms with Crippen LogP contribution < -0.4 is 10.6 Å². The van der Waals surface area contributed by atoms with E-state index < -0.39 is 0 Å². The van der Waals surface area contributed by atoms with Crippen molar-refractivity contribution < 1.29 is 4.79 Å². The number of hydrogen-bond donors (Lipinski definition) is 2. The van der Waals surface area contributed by atoms with Crippen molar-refractivity contribution >= 4 is 28.8 Å². The third-order valence-corrected chi connectivity index (χ3v) is 4.61. The summed E-state index contributed by atoms with van der Waals surface area (Å²) in [7, 11) is 0.